The summed E-state index contributed by atoms with van der Waals surface area (Å²) >= 11 is 0. The molecule has 20 heavy (non-hydrogen) atoms. The summed E-state index contributed by atoms with van der Waals surface area (Å²) in [6, 6.07) is 8.91. The zero-order chi connectivity index (χ0) is 14.3. The van der Waals surface area contributed by atoms with Crippen LogP contribution in [-0.2, 0) is 18.3 Å². The summed E-state index contributed by atoms with van der Waals surface area (Å²) in [7, 11) is 1.64. The minimum Gasteiger partial charge on any atom is -0.274 e. The SMILES string of the molecule is Cn1cc(C#N)c(N2C(=O)Cc3ccccc3C2=O)n1. The van der Waals surface area contributed by atoms with E-state index in [9.17, 15) is 9.59 Å². The van der Waals surface area contributed by atoms with Crippen molar-refractivity contribution in [1.82, 2.24) is 9.78 Å². The minimum absolute atomic E-state index is 0.0968. The molecule has 0 fully saturated rings. The lowest BCUT2D eigenvalue weighted by molar-refractivity contribution is -0.117. The topological polar surface area (TPSA) is 79.0 Å². The highest BCUT2D eigenvalue weighted by molar-refractivity contribution is 6.24. The smallest absolute Gasteiger partial charge is 0.266 e. The Morgan fingerprint density at radius 3 is 2.80 bits per heavy atom. The van der Waals surface area contributed by atoms with E-state index in [0.717, 1.165) is 4.90 Å². The third-order valence-electron chi connectivity index (χ3n) is 3.18. The van der Waals surface area contributed by atoms with Gasteiger partial charge in [0.15, 0.2) is 5.82 Å². The van der Waals surface area contributed by atoms with Gasteiger partial charge in [0, 0.05) is 18.8 Å². The highest BCUT2D eigenvalue weighted by atomic mass is 16.2. The first-order valence-corrected chi connectivity index (χ1v) is 6.00. The molecule has 0 saturated carbocycles. The summed E-state index contributed by atoms with van der Waals surface area (Å²) in [5.74, 6) is -0.713. The highest BCUT2D eigenvalue weighted by Gasteiger charge is 2.34. The molecule has 6 heteroatoms. The van der Waals surface area contributed by atoms with Crippen molar-refractivity contribution in [2.45, 2.75) is 6.42 Å². The van der Waals surface area contributed by atoms with Gasteiger partial charge in [-0.05, 0) is 11.6 Å². The van der Waals surface area contributed by atoms with E-state index in [4.69, 9.17) is 5.26 Å². The highest BCUT2D eigenvalue weighted by Crippen LogP contribution is 2.26. The van der Waals surface area contributed by atoms with Crippen LogP contribution in [0.3, 0.4) is 0 Å². The number of imide groups is 1. The Labute approximate surface area is 114 Å². The number of hydrogen-bond acceptors (Lipinski definition) is 4. The molecule has 0 aliphatic carbocycles. The first-order chi connectivity index (χ1) is 9.61. The maximum atomic E-state index is 12.5. The monoisotopic (exact) mass is 266 g/mol. The standard InChI is InChI=1S/C14H10N4O2/c1-17-8-10(7-15)13(16-17)18-12(19)6-9-4-2-3-5-11(9)14(18)20/h2-5,8H,6H2,1H3. The van der Waals surface area contributed by atoms with Crippen molar-refractivity contribution in [3.05, 3.63) is 47.2 Å². The van der Waals surface area contributed by atoms with Crippen LogP contribution in [0.4, 0.5) is 5.82 Å². The van der Waals surface area contributed by atoms with Crippen LogP contribution in [-0.4, -0.2) is 21.6 Å². The number of fused-ring (bicyclic) bond motifs is 1. The molecule has 1 aromatic heterocycles. The first-order valence-electron chi connectivity index (χ1n) is 6.00. The van der Waals surface area contributed by atoms with Gasteiger partial charge in [-0.15, -0.1) is 0 Å². The van der Waals surface area contributed by atoms with Gasteiger partial charge < -0.3 is 0 Å². The van der Waals surface area contributed by atoms with Gasteiger partial charge in [-0.2, -0.15) is 10.4 Å². The number of benzene rings is 1. The number of nitrogens with zero attached hydrogens (tertiary/aromatic N) is 4. The molecule has 1 aromatic carbocycles. The number of nitriles is 1. The molecule has 0 unspecified atom stereocenters. The molecule has 0 atom stereocenters. The number of carbonyl (C=O) groups excluding carboxylic acids is 2. The van der Waals surface area contributed by atoms with Crippen molar-refractivity contribution in [3.63, 3.8) is 0 Å². The van der Waals surface area contributed by atoms with Gasteiger partial charge in [0.2, 0.25) is 5.91 Å². The van der Waals surface area contributed by atoms with Crippen molar-refractivity contribution >= 4 is 17.6 Å². The lowest BCUT2D eigenvalue weighted by atomic mass is 9.98. The Bertz CT molecular complexity index is 770. The fraction of sp³-hybridized carbons (Fsp3) is 0.143. The van der Waals surface area contributed by atoms with E-state index in [-0.39, 0.29) is 23.7 Å². The lowest BCUT2D eigenvalue weighted by Gasteiger charge is -2.25. The average Bonchev–Trinajstić information content (AvgIpc) is 2.80. The molecular formula is C14H10N4O2. The van der Waals surface area contributed by atoms with Gasteiger partial charge in [0.25, 0.3) is 5.91 Å². The molecule has 98 valence electrons. The normalized spacial score (nSPS) is 14.1. The van der Waals surface area contributed by atoms with E-state index in [2.05, 4.69) is 5.10 Å². The molecule has 2 heterocycles. The zero-order valence-corrected chi connectivity index (χ0v) is 10.7. The van der Waals surface area contributed by atoms with Crippen molar-refractivity contribution < 1.29 is 9.59 Å². The number of aromatic nitrogens is 2. The summed E-state index contributed by atoms with van der Waals surface area (Å²) in [5.41, 5.74) is 1.38. The average molecular weight is 266 g/mol. The van der Waals surface area contributed by atoms with E-state index in [1.54, 1.807) is 31.3 Å². The molecule has 2 aromatic rings. The second-order valence-corrected chi connectivity index (χ2v) is 4.52. The Hall–Kier alpha value is -2.94. The molecule has 3 rings (SSSR count). The molecule has 0 bridgehead atoms. The maximum absolute atomic E-state index is 12.5. The molecule has 0 N–H and O–H groups in total. The Kier molecular flexibility index (Phi) is 2.61. The minimum atomic E-state index is -0.438. The van der Waals surface area contributed by atoms with E-state index in [1.165, 1.54) is 10.9 Å². The molecular weight excluding hydrogens is 256 g/mol. The third-order valence-corrected chi connectivity index (χ3v) is 3.18. The van der Waals surface area contributed by atoms with Crippen LogP contribution in [0.15, 0.2) is 30.5 Å². The molecule has 1 aliphatic rings. The van der Waals surface area contributed by atoms with Crippen molar-refractivity contribution in [3.8, 4) is 6.07 Å². The van der Waals surface area contributed by atoms with Crippen LogP contribution < -0.4 is 4.90 Å². The molecule has 0 spiro atoms. The van der Waals surface area contributed by atoms with Gasteiger partial charge in [-0.3, -0.25) is 14.3 Å². The van der Waals surface area contributed by atoms with Crippen LogP contribution >= 0.6 is 0 Å². The lowest BCUT2D eigenvalue weighted by Crippen LogP contribution is -2.43. The second kappa shape index (κ2) is 4.31. The number of aryl methyl sites for hydroxylation is 1. The van der Waals surface area contributed by atoms with Gasteiger partial charge in [-0.1, -0.05) is 18.2 Å². The number of rotatable bonds is 1. The fourth-order valence-electron chi connectivity index (χ4n) is 2.29. The summed E-state index contributed by atoms with van der Waals surface area (Å²) in [6.45, 7) is 0. The van der Waals surface area contributed by atoms with E-state index >= 15 is 0 Å². The summed E-state index contributed by atoms with van der Waals surface area (Å²) in [5, 5.41) is 13.1. The fourth-order valence-corrected chi connectivity index (χ4v) is 2.29. The van der Waals surface area contributed by atoms with Gasteiger partial charge >= 0.3 is 0 Å². The van der Waals surface area contributed by atoms with Crippen LogP contribution in [0, 0.1) is 11.3 Å². The van der Waals surface area contributed by atoms with Crippen molar-refractivity contribution in [2.24, 2.45) is 7.05 Å². The number of carbonyl (C=O) groups is 2. The van der Waals surface area contributed by atoms with Gasteiger partial charge in [-0.25, -0.2) is 4.90 Å². The summed E-state index contributed by atoms with van der Waals surface area (Å²) in [4.78, 5) is 25.6. The van der Waals surface area contributed by atoms with Crippen LogP contribution in [0.5, 0.6) is 0 Å². The largest absolute Gasteiger partial charge is 0.274 e. The van der Waals surface area contributed by atoms with E-state index in [0.29, 0.717) is 11.1 Å². The van der Waals surface area contributed by atoms with Crippen LogP contribution in [0.25, 0.3) is 0 Å². The van der Waals surface area contributed by atoms with Crippen LogP contribution in [0.1, 0.15) is 21.5 Å². The predicted molar refractivity (Wildman–Crippen MR) is 69.9 cm³/mol. The number of hydrogen-bond donors (Lipinski definition) is 0. The molecule has 0 radical (unpaired) electrons. The maximum Gasteiger partial charge on any atom is 0.266 e. The van der Waals surface area contributed by atoms with Gasteiger partial charge in [0.1, 0.15) is 11.6 Å². The van der Waals surface area contributed by atoms with E-state index in [1.807, 2.05) is 6.07 Å². The number of amides is 2. The van der Waals surface area contributed by atoms with Gasteiger partial charge in [0.05, 0.1) is 6.42 Å². The van der Waals surface area contributed by atoms with Crippen molar-refractivity contribution in [1.29, 1.82) is 5.26 Å². The quantitative estimate of drug-likeness (QED) is 0.722. The Morgan fingerprint density at radius 1 is 1.30 bits per heavy atom. The molecule has 6 nitrogen and oxygen atoms in total. The Balaban J connectivity index is 2.14. The zero-order valence-electron chi connectivity index (χ0n) is 10.7. The summed E-state index contributed by atoms with van der Waals surface area (Å²) < 4.78 is 1.41. The molecule has 0 saturated heterocycles. The summed E-state index contributed by atoms with van der Waals surface area (Å²) in [6.07, 6.45) is 1.61. The number of anilines is 1. The molecule has 2 amide bonds. The molecule has 1 aliphatic heterocycles. The van der Waals surface area contributed by atoms with Crippen LogP contribution in [0.2, 0.25) is 0 Å². The first kappa shape index (κ1) is 12.1. The predicted octanol–water partition coefficient (Wildman–Crippen LogP) is 1.02. The van der Waals surface area contributed by atoms with E-state index < -0.39 is 5.91 Å². The second-order valence-electron chi connectivity index (χ2n) is 4.52. The van der Waals surface area contributed by atoms with Crippen molar-refractivity contribution in [2.75, 3.05) is 4.90 Å². The Morgan fingerprint density at radius 2 is 2.05 bits per heavy atom. The third kappa shape index (κ3) is 1.68.